The van der Waals surface area contributed by atoms with Crippen LogP contribution in [0.5, 0.6) is 0 Å². The molecule has 2 heterocycles. The zero-order chi connectivity index (χ0) is 13.2. The Balaban J connectivity index is 2.09. The van der Waals surface area contributed by atoms with Gasteiger partial charge in [-0.1, -0.05) is 0 Å². The zero-order valence-electron chi connectivity index (χ0n) is 9.83. The van der Waals surface area contributed by atoms with Gasteiger partial charge in [-0.25, -0.2) is 10.8 Å². The van der Waals surface area contributed by atoms with E-state index in [1.54, 1.807) is 24.5 Å². The zero-order valence-corrected chi connectivity index (χ0v) is 10.6. The number of fused-ring (bicyclic) bond motifs is 1. The molecule has 0 aliphatic rings. The van der Waals surface area contributed by atoms with E-state index in [1.807, 2.05) is 18.2 Å². The second-order valence-corrected chi connectivity index (χ2v) is 4.95. The van der Waals surface area contributed by atoms with Crippen molar-refractivity contribution in [3.63, 3.8) is 0 Å². The largest absolute Gasteiger partial charge is 0.290 e. The highest BCUT2D eigenvalue weighted by Gasteiger charge is 2.09. The van der Waals surface area contributed by atoms with E-state index >= 15 is 0 Å². The first-order valence-corrected chi connectivity index (χ1v) is 6.41. The van der Waals surface area contributed by atoms with Gasteiger partial charge in [0.15, 0.2) is 0 Å². The van der Waals surface area contributed by atoms with Crippen molar-refractivity contribution in [2.45, 2.75) is 0 Å². The second kappa shape index (κ2) is 4.75. The first-order valence-electron chi connectivity index (χ1n) is 5.60. The molecule has 2 aromatic heterocycles. The molecular weight excluding hydrogens is 260 g/mol. The van der Waals surface area contributed by atoms with E-state index in [1.165, 1.54) is 11.3 Å². The van der Waals surface area contributed by atoms with Crippen molar-refractivity contribution in [1.82, 2.24) is 15.4 Å². The smallest absolute Gasteiger partial charge is 0.265 e. The summed E-state index contributed by atoms with van der Waals surface area (Å²) in [7, 11) is 0. The van der Waals surface area contributed by atoms with Gasteiger partial charge >= 0.3 is 0 Å². The van der Waals surface area contributed by atoms with E-state index < -0.39 is 0 Å². The van der Waals surface area contributed by atoms with Gasteiger partial charge in [-0.3, -0.25) is 15.2 Å². The predicted molar refractivity (Wildman–Crippen MR) is 74.5 cm³/mol. The van der Waals surface area contributed by atoms with Crippen LogP contribution in [0.2, 0.25) is 0 Å². The number of nitrogen functional groups attached to an aromatic ring is 1. The molecule has 1 aromatic carbocycles. The maximum atomic E-state index is 11.5. The molecule has 0 radical (unpaired) electrons. The lowest BCUT2D eigenvalue weighted by molar-refractivity contribution is 0.0954. The number of nitrogens with zero attached hydrogens (tertiary/aromatic N) is 2. The molecule has 0 saturated heterocycles. The Hall–Kier alpha value is -2.31. The van der Waals surface area contributed by atoms with Crippen LogP contribution in [-0.4, -0.2) is 15.9 Å². The van der Waals surface area contributed by atoms with Crippen LogP contribution in [0.1, 0.15) is 10.4 Å². The summed E-state index contributed by atoms with van der Waals surface area (Å²) in [5.41, 5.74) is 4.47. The summed E-state index contributed by atoms with van der Waals surface area (Å²) in [5.74, 6) is 4.82. The summed E-state index contributed by atoms with van der Waals surface area (Å²) in [4.78, 5) is 20.1. The van der Waals surface area contributed by atoms with E-state index in [2.05, 4.69) is 15.4 Å². The van der Waals surface area contributed by atoms with Crippen molar-refractivity contribution < 1.29 is 4.79 Å². The van der Waals surface area contributed by atoms with Gasteiger partial charge in [-0.2, -0.15) is 0 Å². The number of benzene rings is 1. The molecule has 0 aliphatic heterocycles. The summed E-state index contributed by atoms with van der Waals surface area (Å²) in [6.07, 6.45) is 3.49. The summed E-state index contributed by atoms with van der Waals surface area (Å²) in [6.45, 7) is 0. The van der Waals surface area contributed by atoms with Crippen LogP contribution in [0.15, 0.2) is 42.7 Å². The molecule has 0 fully saturated rings. The maximum Gasteiger partial charge on any atom is 0.265 e. The quantitative estimate of drug-likeness (QED) is 0.424. The fourth-order valence-corrected chi connectivity index (χ4v) is 2.76. The standard InChI is InChI=1S/C13H10N4OS/c14-17-12(18)8-3-4-10-11(6-8)19-13(16-10)9-2-1-5-15-7-9/h1-7H,14H2,(H,17,18). The molecule has 0 atom stereocenters. The lowest BCUT2D eigenvalue weighted by Crippen LogP contribution is -2.29. The Bertz CT molecular complexity index is 739. The first-order chi connectivity index (χ1) is 9.28. The number of nitrogens with two attached hydrogens (primary N) is 1. The van der Waals surface area contributed by atoms with Gasteiger partial charge in [0.1, 0.15) is 5.01 Å². The minimum absolute atomic E-state index is 0.307. The number of hydrazine groups is 1. The molecule has 94 valence electrons. The number of hydrogen-bond acceptors (Lipinski definition) is 5. The first kappa shape index (κ1) is 11.8. The monoisotopic (exact) mass is 270 g/mol. The lowest BCUT2D eigenvalue weighted by Gasteiger charge is -1.97. The molecule has 3 rings (SSSR count). The average molecular weight is 270 g/mol. The normalized spacial score (nSPS) is 10.6. The molecule has 19 heavy (non-hydrogen) atoms. The molecule has 6 heteroatoms. The highest BCUT2D eigenvalue weighted by molar-refractivity contribution is 7.21. The fraction of sp³-hybridized carbons (Fsp3) is 0. The average Bonchev–Trinajstić information content (AvgIpc) is 2.90. The Morgan fingerprint density at radius 3 is 2.95 bits per heavy atom. The van der Waals surface area contributed by atoms with Crippen LogP contribution in [-0.2, 0) is 0 Å². The number of carbonyl (C=O) groups is 1. The Morgan fingerprint density at radius 1 is 1.32 bits per heavy atom. The minimum atomic E-state index is -0.307. The van der Waals surface area contributed by atoms with Crippen molar-refractivity contribution >= 4 is 27.5 Å². The number of nitrogens with one attached hydrogen (secondary N) is 1. The molecule has 5 nitrogen and oxygen atoms in total. The van der Waals surface area contributed by atoms with Gasteiger partial charge in [-0.05, 0) is 30.3 Å². The van der Waals surface area contributed by atoms with Crippen LogP contribution in [0.3, 0.4) is 0 Å². The summed E-state index contributed by atoms with van der Waals surface area (Å²) in [5, 5.41) is 0.883. The highest BCUT2D eigenvalue weighted by Crippen LogP contribution is 2.30. The Kier molecular flexibility index (Phi) is 2.94. The molecule has 0 unspecified atom stereocenters. The summed E-state index contributed by atoms with van der Waals surface area (Å²) >= 11 is 1.52. The van der Waals surface area contributed by atoms with E-state index in [4.69, 9.17) is 5.84 Å². The van der Waals surface area contributed by atoms with Crippen molar-refractivity contribution in [2.24, 2.45) is 5.84 Å². The minimum Gasteiger partial charge on any atom is -0.290 e. The second-order valence-electron chi connectivity index (χ2n) is 3.92. The van der Waals surface area contributed by atoms with Crippen LogP contribution < -0.4 is 11.3 Å². The molecule has 3 aromatic rings. The molecule has 0 aliphatic carbocycles. The van der Waals surface area contributed by atoms with E-state index in [0.717, 1.165) is 20.8 Å². The van der Waals surface area contributed by atoms with Gasteiger partial charge in [0.2, 0.25) is 0 Å². The molecule has 3 N–H and O–H groups in total. The van der Waals surface area contributed by atoms with Crippen molar-refractivity contribution in [1.29, 1.82) is 0 Å². The molecule has 1 amide bonds. The van der Waals surface area contributed by atoms with Gasteiger partial charge in [0.25, 0.3) is 5.91 Å². The van der Waals surface area contributed by atoms with Gasteiger partial charge in [0.05, 0.1) is 10.2 Å². The van der Waals surface area contributed by atoms with Crippen LogP contribution in [0, 0.1) is 0 Å². The third kappa shape index (κ3) is 2.18. The van der Waals surface area contributed by atoms with E-state index in [9.17, 15) is 4.79 Å². The third-order valence-corrected chi connectivity index (χ3v) is 3.76. The molecular formula is C13H10N4OS. The van der Waals surface area contributed by atoms with Crippen LogP contribution >= 0.6 is 11.3 Å². The molecule has 0 spiro atoms. The number of aromatic nitrogens is 2. The predicted octanol–water partition coefficient (Wildman–Crippen LogP) is 1.96. The number of hydrogen-bond donors (Lipinski definition) is 2. The lowest BCUT2D eigenvalue weighted by atomic mass is 10.2. The van der Waals surface area contributed by atoms with E-state index in [-0.39, 0.29) is 5.91 Å². The highest BCUT2D eigenvalue weighted by atomic mass is 32.1. The van der Waals surface area contributed by atoms with Crippen LogP contribution in [0.4, 0.5) is 0 Å². The Morgan fingerprint density at radius 2 is 2.21 bits per heavy atom. The summed E-state index contributed by atoms with van der Waals surface area (Å²) in [6, 6.07) is 9.13. The SMILES string of the molecule is NNC(=O)c1ccc2nc(-c3cccnc3)sc2c1. The molecule has 0 bridgehead atoms. The number of carbonyl (C=O) groups excluding carboxylic acids is 1. The molecule has 0 saturated carbocycles. The van der Waals surface area contributed by atoms with Gasteiger partial charge < -0.3 is 0 Å². The van der Waals surface area contributed by atoms with Crippen LogP contribution in [0.25, 0.3) is 20.8 Å². The topological polar surface area (TPSA) is 80.9 Å². The fourth-order valence-electron chi connectivity index (χ4n) is 1.76. The maximum absolute atomic E-state index is 11.5. The van der Waals surface area contributed by atoms with Gasteiger partial charge in [0, 0.05) is 23.5 Å². The van der Waals surface area contributed by atoms with Gasteiger partial charge in [-0.15, -0.1) is 11.3 Å². The van der Waals surface area contributed by atoms with Crippen molar-refractivity contribution in [3.05, 3.63) is 48.3 Å². The summed E-state index contributed by atoms with van der Waals surface area (Å²) < 4.78 is 0.944. The number of amides is 1. The Labute approximate surface area is 113 Å². The number of rotatable bonds is 2. The van der Waals surface area contributed by atoms with Crippen molar-refractivity contribution in [3.8, 4) is 10.6 Å². The third-order valence-electron chi connectivity index (χ3n) is 2.69. The number of thiazole rings is 1. The number of pyridine rings is 1. The van der Waals surface area contributed by atoms with Crippen molar-refractivity contribution in [2.75, 3.05) is 0 Å². The van der Waals surface area contributed by atoms with E-state index in [0.29, 0.717) is 5.56 Å².